The highest BCUT2D eigenvalue weighted by Crippen LogP contribution is 2.30. The van der Waals surface area contributed by atoms with Crippen LogP contribution < -0.4 is 10.1 Å². The van der Waals surface area contributed by atoms with Crippen LogP contribution in [-0.2, 0) is 6.18 Å². The summed E-state index contributed by atoms with van der Waals surface area (Å²) in [6.07, 6.45) is -4.36. The Kier molecular flexibility index (Phi) is 7.46. The van der Waals surface area contributed by atoms with E-state index in [1.54, 1.807) is 18.2 Å². The van der Waals surface area contributed by atoms with Gasteiger partial charge in [0.1, 0.15) is 5.75 Å². The maximum absolute atomic E-state index is 12.7. The summed E-state index contributed by atoms with van der Waals surface area (Å²) in [7, 11) is 5.15. The molecule has 0 aliphatic rings. The molecule has 0 radical (unpaired) electrons. The predicted molar refractivity (Wildman–Crippen MR) is 103 cm³/mol. The molecule has 0 amide bonds. The van der Waals surface area contributed by atoms with E-state index in [4.69, 9.17) is 16.3 Å². The topological polar surface area (TPSA) is 41.6 Å². The number of hydrogen-bond donors (Lipinski definition) is 1. The predicted octanol–water partition coefficient (Wildman–Crippen LogP) is 4.44. The first kappa shape index (κ1) is 22.2. The molecule has 1 atom stereocenters. The normalized spacial score (nSPS) is 12.9. The Morgan fingerprint density at radius 3 is 2.32 bits per heavy atom. The number of ketones is 1. The Morgan fingerprint density at radius 2 is 1.82 bits per heavy atom. The molecule has 0 aliphatic carbocycles. The number of rotatable bonds is 8. The van der Waals surface area contributed by atoms with E-state index in [1.165, 1.54) is 19.2 Å². The number of hydrogen-bond acceptors (Lipinski definition) is 4. The van der Waals surface area contributed by atoms with Crippen molar-refractivity contribution < 1.29 is 22.7 Å². The fourth-order valence-electron chi connectivity index (χ4n) is 2.76. The van der Waals surface area contributed by atoms with E-state index < -0.39 is 11.7 Å². The Morgan fingerprint density at radius 1 is 1.18 bits per heavy atom. The maximum Gasteiger partial charge on any atom is 0.416 e. The minimum Gasteiger partial charge on any atom is -0.495 e. The van der Waals surface area contributed by atoms with Gasteiger partial charge in [-0.3, -0.25) is 4.79 Å². The van der Waals surface area contributed by atoms with Crippen LogP contribution in [0.3, 0.4) is 0 Å². The van der Waals surface area contributed by atoms with Crippen LogP contribution in [0, 0.1) is 0 Å². The van der Waals surface area contributed by atoms with Gasteiger partial charge in [0.15, 0.2) is 5.78 Å². The van der Waals surface area contributed by atoms with Crippen LogP contribution in [-0.4, -0.2) is 45.0 Å². The Hall–Kier alpha value is -2.09. The number of ether oxygens (including phenoxy) is 1. The van der Waals surface area contributed by atoms with Crippen LogP contribution in [0.25, 0.3) is 0 Å². The molecule has 28 heavy (non-hydrogen) atoms. The highest BCUT2D eigenvalue weighted by atomic mass is 35.5. The van der Waals surface area contributed by atoms with Crippen LogP contribution in [0.5, 0.6) is 5.75 Å². The zero-order valence-corrected chi connectivity index (χ0v) is 16.6. The number of methoxy groups -OCH3 is 1. The zero-order valence-electron chi connectivity index (χ0n) is 15.8. The van der Waals surface area contributed by atoms with Gasteiger partial charge in [0.05, 0.1) is 24.2 Å². The first-order valence-corrected chi connectivity index (χ1v) is 8.92. The molecular weight excluding hydrogens is 393 g/mol. The fraction of sp³-hybridized carbons (Fsp3) is 0.350. The molecule has 0 saturated heterocycles. The second-order valence-electron chi connectivity index (χ2n) is 6.50. The fourth-order valence-corrected chi connectivity index (χ4v) is 3.01. The van der Waals surface area contributed by atoms with Crippen molar-refractivity contribution >= 4 is 17.4 Å². The smallest absolute Gasteiger partial charge is 0.416 e. The zero-order chi connectivity index (χ0) is 20.9. The largest absolute Gasteiger partial charge is 0.495 e. The quantitative estimate of drug-likeness (QED) is 0.648. The summed E-state index contributed by atoms with van der Waals surface area (Å²) < 4.78 is 43.3. The lowest BCUT2D eigenvalue weighted by atomic mass is 10.0. The summed E-state index contributed by atoms with van der Waals surface area (Å²) in [6, 6.07) is 9.67. The Labute approximate surface area is 167 Å². The van der Waals surface area contributed by atoms with Gasteiger partial charge in [0.25, 0.3) is 0 Å². The summed E-state index contributed by atoms with van der Waals surface area (Å²) in [6.45, 7) is 0.474. The molecule has 1 N–H and O–H groups in total. The lowest BCUT2D eigenvalue weighted by Gasteiger charge is -2.25. The first-order valence-electron chi connectivity index (χ1n) is 8.54. The number of nitrogens with zero attached hydrogens (tertiary/aromatic N) is 1. The van der Waals surface area contributed by atoms with E-state index in [1.807, 2.05) is 19.0 Å². The minimum atomic E-state index is -4.36. The van der Waals surface area contributed by atoms with Crippen molar-refractivity contribution in [2.45, 2.75) is 12.2 Å². The van der Waals surface area contributed by atoms with Gasteiger partial charge in [0.2, 0.25) is 0 Å². The van der Waals surface area contributed by atoms with E-state index in [0.29, 0.717) is 22.9 Å². The summed E-state index contributed by atoms with van der Waals surface area (Å²) in [5.74, 6) is 0.343. The van der Waals surface area contributed by atoms with Crippen LogP contribution in [0.15, 0.2) is 42.5 Å². The number of Topliss-reactive ketones (excluding diaryl/α,β-unsaturated/α-hetero) is 1. The number of carbonyl (C=O) groups excluding carboxylic acids is 1. The van der Waals surface area contributed by atoms with Crippen molar-refractivity contribution in [3.8, 4) is 5.75 Å². The number of likely N-dealkylation sites (N-methyl/N-ethyl adjacent to an activating group) is 1. The van der Waals surface area contributed by atoms with Crippen molar-refractivity contribution in [1.82, 2.24) is 10.2 Å². The lowest BCUT2D eigenvalue weighted by molar-refractivity contribution is -0.137. The third-order valence-electron chi connectivity index (χ3n) is 4.34. The molecule has 0 heterocycles. The standard InChI is InChI=1S/C20H22ClF3N2O2/c1-26(2)17(13-4-7-15(8-5-13)20(22,23)24)11-25-12-18(27)14-6-9-19(28-3)16(21)10-14/h4-10,17,25H,11-12H2,1-3H3. The van der Waals surface area contributed by atoms with Crippen LogP contribution in [0.4, 0.5) is 13.2 Å². The van der Waals surface area contributed by atoms with E-state index in [2.05, 4.69) is 5.32 Å². The monoisotopic (exact) mass is 414 g/mol. The number of alkyl halides is 3. The van der Waals surface area contributed by atoms with Crippen molar-refractivity contribution in [1.29, 1.82) is 0 Å². The molecule has 2 aromatic rings. The molecule has 2 rings (SSSR count). The summed E-state index contributed by atoms with van der Waals surface area (Å²) in [5, 5.41) is 3.42. The van der Waals surface area contributed by atoms with E-state index in [-0.39, 0.29) is 18.4 Å². The molecule has 4 nitrogen and oxygen atoms in total. The molecular formula is C20H22ClF3N2O2. The van der Waals surface area contributed by atoms with Crippen molar-refractivity contribution in [3.05, 3.63) is 64.2 Å². The molecule has 0 saturated carbocycles. The van der Waals surface area contributed by atoms with E-state index in [0.717, 1.165) is 17.7 Å². The van der Waals surface area contributed by atoms with Gasteiger partial charge in [0, 0.05) is 18.2 Å². The molecule has 0 aromatic heterocycles. The van der Waals surface area contributed by atoms with Crippen molar-refractivity contribution in [2.75, 3.05) is 34.3 Å². The number of nitrogens with one attached hydrogen (secondary N) is 1. The van der Waals surface area contributed by atoms with Gasteiger partial charge in [-0.2, -0.15) is 13.2 Å². The van der Waals surface area contributed by atoms with Crippen LogP contribution in [0.1, 0.15) is 27.5 Å². The Balaban J connectivity index is 2.00. The summed E-state index contributed by atoms with van der Waals surface area (Å²) >= 11 is 6.04. The average molecular weight is 415 g/mol. The van der Waals surface area contributed by atoms with Gasteiger partial charge in [-0.15, -0.1) is 0 Å². The van der Waals surface area contributed by atoms with E-state index in [9.17, 15) is 18.0 Å². The second-order valence-corrected chi connectivity index (χ2v) is 6.91. The van der Waals surface area contributed by atoms with Crippen molar-refractivity contribution in [2.24, 2.45) is 0 Å². The van der Waals surface area contributed by atoms with Gasteiger partial charge < -0.3 is 15.0 Å². The highest BCUT2D eigenvalue weighted by Gasteiger charge is 2.30. The van der Waals surface area contributed by atoms with Gasteiger partial charge in [-0.05, 0) is 50.0 Å². The number of carbonyl (C=O) groups is 1. The summed E-state index contributed by atoms with van der Waals surface area (Å²) in [4.78, 5) is 14.2. The van der Waals surface area contributed by atoms with Crippen molar-refractivity contribution in [3.63, 3.8) is 0 Å². The minimum absolute atomic E-state index is 0.0770. The molecule has 0 fully saturated rings. The molecule has 0 spiro atoms. The van der Waals surface area contributed by atoms with Gasteiger partial charge in [-0.25, -0.2) is 0 Å². The van der Waals surface area contributed by atoms with Gasteiger partial charge >= 0.3 is 6.18 Å². The highest BCUT2D eigenvalue weighted by molar-refractivity contribution is 6.32. The maximum atomic E-state index is 12.7. The number of halogens is 4. The molecule has 8 heteroatoms. The average Bonchev–Trinajstić information content (AvgIpc) is 2.64. The van der Waals surface area contributed by atoms with Crippen LogP contribution >= 0.6 is 11.6 Å². The van der Waals surface area contributed by atoms with Crippen LogP contribution in [0.2, 0.25) is 5.02 Å². The molecule has 2 aromatic carbocycles. The van der Waals surface area contributed by atoms with Gasteiger partial charge in [-0.1, -0.05) is 23.7 Å². The SMILES string of the molecule is COc1ccc(C(=O)CNCC(c2ccc(C(F)(F)F)cc2)N(C)C)cc1Cl. The molecule has 0 aliphatic heterocycles. The third-order valence-corrected chi connectivity index (χ3v) is 4.64. The first-order chi connectivity index (χ1) is 13.1. The molecule has 152 valence electrons. The lowest BCUT2D eigenvalue weighted by Crippen LogP contribution is -2.33. The Bertz CT molecular complexity index is 808. The van der Waals surface area contributed by atoms with E-state index >= 15 is 0 Å². The molecule has 1 unspecified atom stereocenters. The number of benzene rings is 2. The third kappa shape index (κ3) is 5.70. The summed E-state index contributed by atoms with van der Waals surface area (Å²) in [5.41, 5.74) is 0.493. The second kappa shape index (κ2) is 9.41. The molecule has 0 bridgehead atoms.